The summed E-state index contributed by atoms with van der Waals surface area (Å²) in [6.07, 6.45) is 5.08. The lowest BCUT2D eigenvalue weighted by Gasteiger charge is -2.06. The molecule has 0 saturated carbocycles. The minimum Gasteiger partial charge on any atom is -0.392 e. The Bertz CT molecular complexity index is 481. The van der Waals surface area contributed by atoms with Crippen molar-refractivity contribution in [3.05, 3.63) is 41.1 Å². The highest BCUT2D eigenvalue weighted by Crippen LogP contribution is 2.20. The molecule has 78 valence electrons. The maximum absolute atomic E-state index is 8.92. The zero-order valence-electron chi connectivity index (χ0n) is 8.18. The van der Waals surface area contributed by atoms with Crippen LogP contribution in [-0.2, 0) is 6.61 Å². The van der Waals surface area contributed by atoms with Gasteiger partial charge in [0, 0.05) is 18.6 Å². The van der Waals surface area contributed by atoms with E-state index in [0.29, 0.717) is 16.4 Å². The summed E-state index contributed by atoms with van der Waals surface area (Å²) in [4.78, 5) is 8.28. The minimum absolute atomic E-state index is 0.0596. The van der Waals surface area contributed by atoms with Gasteiger partial charge in [-0.05, 0) is 18.6 Å². The van der Waals surface area contributed by atoms with Gasteiger partial charge in [-0.3, -0.25) is 4.57 Å². The number of imidazole rings is 1. The molecule has 0 atom stereocenters. The summed E-state index contributed by atoms with van der Waals surface area (Å²) in [5.41, 5.74) is 0.696. The molecule has 15 heavy (non-hydrogen) atoms. The molecule has 0 aliphatic carbocycles. The van der Waals surface area contributed by atoms with Gasteiger partial charge in [-0.25, -0.2) is 9.97 Å². The topological polar surface area (TPSA) is 50.9 Å². The van der Waals surface area contributed by atoms with Gasteiger partial charge < -0.3 is 5.11 Å². The highest BCUT2D eigenvalue weighted by molar-refractivity contribution is 6.32. The van der Waals surface area contributed by atoms with E-state index < -0.39 is 0 Å². The molecule has 2 aromatic rings. The van der Waals surface area contributed by atoms with Crippen molar-refractivity contribution in [1.82, 2.24) is 14.5 Å². The predicted molar refractivity (Wildman–Crippen MR) is 57.0 cm³/mol. The molecule has 0 spiro atoms. The van der Waals surface area contributed by atoms with Crippen molar-refractivity contribution >= 4 is 11.6 Å². The molecule has 2 rings (SSSR count). The number of hydrogen-bond donors (Lipinski definition) is 1. The van der Waals surface area contributed by atoms with Crippen LogP contribution in [-0.4, -0.2) is 19.6 Å². The molecular formula is C10H10ClN3O. The van der Waals surface area contributed by atoms with Crippen LogP contribution in [0.1, 0.15) is 11.4 Å². The third kappa shape index (κ3) is 1.86. The number of aromatic nitrogens is 3. The lowest BCUT2D eigenvalue weighted by molar-refractivity contribution is 0.281. The zero-order chi connectivity index (χ0) is 10.8. The van der Waals surface area contributed by atoms with Crippen molar-refractivity contribution in [2.75, 3.05) is 0 Å². The third-order valence-corrected chi connectivity index (χ3v) is 2.39. The number of aliphatic hydroxyl groups is 1. The van der Waals surface area contributed by atoms with Crippen LogP contribution in [0.3, 0.4) is 0 Å². The quantitative estimate of drug-likeness (QED) is 0.844. The summed E-state index contributed by atoms with van der Waals surface area (Å²) in [6, 6.07) is 1.70. The fraction of sp³-hybridized carbons (Fsp3) is 0.200. The zero-order valence-corrected chi connectivity index (χ0v) is 8.94. The number of pyridine rings is 1. The van der Waals surface area contributed by atoms with E-state index in [9.17, 15) is 0 Å². The van der Waals surface area contributed by atoms with E-state index in [1.807, 2.05) is 6.92 Å². The second-order valence-electron chi connectivity index (χ2n) is 3.15. The molecule has 0 bridgehead atoms. The van der Waals surface area contributed by atoms with Crippen LogP contribution in [0.15, 0.2) is 24.7 Å². The van der Waals surface area contributed by atoms with E-state index in [-0.39, 0.29) is 6.61 Å². The fourth-order valence-electron chi connectivity index (χ4n) is 1.34. The summed E-state index contributed by atoms with van der Waals surface area (Å²) < 4.78 is 1.80. The third-order valence-electron chi connectivity index (χ3n) is 2.11. The lowest BCUT2D eigenvalue weighted by Crippen LogP contribution is -2.00. The molecule has 0 unspecified atom stereocenters. The number of nitrogens with zero attached hydrogens (tertiary/aromatic N) is 3. The van der Waals surface area contributed by atoms with Gasteiger partial charge in [0.1, 0.15) is 5.82 Å². The molecule has 0 saturated heterocycles. The predicted octanol–water partition coefficient (Wildman–Crippen LogP) is 1.72. The summed E-state index contributed by atoms with van der Waals surface area (Å²) >= 11 is 6.05. The molecular weight excluding hydrogens is 214 g/mol. The normalized spacial score (nSPS) is 10.6. The Hall–Kier alpha value is -1.39. The molecule has 2 aromatic heterocycles. The van der Waals surface area contributed by atoms with Gasteiger partial charge in [-0.1, -0.05) is 11.6 Å². The monoisotopic (exact) mass is 223 g/mol. The van der Waals surface area contributed by atoms with Crippen LogP contribution >= 0.6 is 11.6 Å². The van der Waals surface area contributed by atoms with E-state index in [4.69, 9.17) is 16.7 Å². The Morgan fingerprint density at radius 1 is 1.47 bits per heavy atom. The van der Waals surface area contributed by atoms with E-state index in [2.05, 4.69) is 9.97 Å². The van der Waals surface area contributed by atoms with Gasteiger partial charge in [0.15, 0.2) is 5.82 Å². The first-order valence-electron chi connectivity index (χ1n) is 4.48. The first-order valence-corrected chi connectivity index (χ1v) is 4.86. The lowest BCUT2D eigenvalue weighted by atomic mass is 10.3. The SMILES string of the molecule is Cc1nccn1-c1ncc(CO)cc1Cl. The second-order valence-corrected chi connectivity index (χ2v) is 3.56. The summed E-state index contributed by atoms with van der Waals surface area (Å²) in [5, 5.41) is 9.42. The van der Waals surface area contributed by atoms with Crippen molar-refractivity contribution in [3.8, 4) is 5.82 Å². The number of hydrogen-bond acceptors (Lipinski definition) is 3. The summed E-state index contributed by atoms with van der Waals surface area (Å²) in [7, 11) is 0. The van der Waals surface area contributed by atoms with Crippen LogP contribution in [0.4, 0.5) is 0 Å². The molecule has 5 heteroatoms. The van der Waals surface area contributed by atoms with Crippen molar-refractivity contribution < 1.29 is 5.11 Å². The van der Waals surface area contributed by atoms with E-state index in [0.717, 1.165) is 5.82 Å². The summed E-state index contributed by atoms with van der Waals surface area (Å²) in [6.45, 7) is 1.81. The van der Waals surface area contributed by atoms with Gasteiger partial charge >= 0.3 is 0 Å². The summed E-state index contributed by atoms with van der Waals surface area (Å²) in [5.74, 6) is 1.45. The van der Waals surface area contributed by atoms with Crippen molar-refractivity contribution in [3.63, 3.8) is 0 Å². The van der Waals surface area contributed by atoms with Crippen LogP contribution in [0.2, 0.25) is 5.02 Å². The average Bonchev–Trinajstić information content (AvgIpc) is 2.64. The molecule has 2 heterocycles. The molecule has 0 fully saturated rings. The molecule has 0 aromatic carbocycles. The highest BCUT2D eigenvalue weighted by atomic mass is 35.5. The first kappa shape index (κ1) is 10.1. The van der Waals surface area contributed by atoms with E-state index in [1.165, 1.54) is 0 Å². The molecule has 0 amide bonds. The second kappa shape index (κ2) is 4.00. The van der Waals surface area contributed by atoms with Gasteiger partial charge in [-0.15, -0.1) is 0 Å². The largest absolute Gasteiger partial charge is 0.392 e. The van der Waals surface area contributed by atoms with Crippen LogP contribution < -0.4 is 0 Å². The maximum Gasteiger partial charge on any atom is 0.156 e. The molecule has 0 radical (unpaired) electrons. The van der Waals surface area contributed by atoms with Gasteiger partial charge in [-0.2, -0.15) is 0 Å². The van der Waals surface area contributed by atoms with E-state index >= 15 is 0 Å². The molecule has 0 aliphatic heterocycles. The number of halogens is 1. The number of rotatable bonds is 2. The Labute approximate surface area is 92.2 Å². The number of aliphatic hydroxyl groups excluding tert-OH is 1. The van der Waals surface area contributed by atoms with Gasteiger partial charge in [0.05, 0.1) is 11.6 Å². The average molecular weight is 224 g/mol. The standard InChI is InChI=1S/C10H10ClN3O/c1-7-12-2-3-14(7)10-9(11)4-8(6-15)5-13-10/h2-5,15H,6H2,1H3. The molecule has 0 aliphatic rings. The van der Waals surface area contributed by atoms with Gasteiger partial charge in [0.2, 0.25) is 0 Å². The Morgan fingerprint density at radius 3 is 2.80 bits per heavy atom. The van der Waals surface area contributed by atoms with Crippen LogP contribution in [0.25, 0.3) is 5.82 Å². The van der Waals surface area contributed by atoms with Crippen molar-refractivity contribution in [2.24, 2.45) is 0 Å². The van der Waals surface area contributed by atoms with Crippen molar-refractivity contribution in [1.29, 1.82) is 0 Å². The molecule has 1 N–H and O–H groups in total. The highest BCUT2D eigenvalue weighted by Gasteiger charge is 2.07. The smallest absolute Gasteiger partial charge is 0.156 e. The van der Waals surface area contributed by atoms with E-state index in [1.54, 1.807) is 29.2 Å². The van der Waals surface area contributed by atoms with Gasteiger partial charge in [0.25, 0.3) is 0 Å². The Balaban J connectivity index is 2.50. The first-order chi connectivity index (χ1) is 7.22. The molecule has 4 nitrogen and oxygen atoms in total. The van der Waals surface area contributed by atoms with Crippen LogP contribution in [0.5, 0.6) is 0 Å². The Kier molecular flexibility index (Phi) is 2.70. The number of aryl methyl sites for hydroxylation is 1. The minimum atomic E-state index is -0.0596. The fourth-order valence-corrected chi connectivity index (χ4v) is 1.62. The van der Waals surface area contributed by atoms with Crippen LogP contribution in [0, 0.1) is 6.92 Å². The van der Waals surface area contributed by atoms with Crippen molar-refractivity contribution in [2.45, 2.75) is 13.5 Å². The Morgan fingerprint density at radius 2 is 2.27 bits per heavy atom. The maximum atomic E-state index is 8.92.